The third-order valence-electron chi connectivity index (χ3n) is 2.39. The van der Waals surface area contributed by atoms with Gasteiger partial charge in [-0.15, -0.1) is 0 Å². The SMILES string of the molecule is CC(C)CCCCOCC(=O)C(C)(C)C. The lowest BCUT2D eigenvalue weighted by Crippen LogP contribution is -2.25. The largest absolute Gasteiger partial charge is 0.374 e. The molecule has 0 aromatic heterocycles. The summed E-state index contributed by atoms with van der Waals surface area (Å²) in [6.45, 7) is 11.2. The zero-order valence-electron chi connectivity index (χ0n) is 10.9. The van der Waals surface area contributed by atoms with E-state index in [9.17, 15) is 4.79 Å². The van der Waals surface area contributed by atoms with Crippen molar-refractivity contribution < 1.29 is 9.53 Å². The number of carbonyl (C=O) groups excluding carboxylic acids is 1. The van der Waals surface area contributed by atoms with E-state index in [4.69, 9.17) is 4.74 Å². The van der Waals surface area contributed by atoms with Gasteiger partial charge in [0.15, 0.2) is 5.78 Å². The van der Waals surface area contributed by atoms with E-state index in [1.165, 1.54) is 12.8 Å². The summed E-state index contributed by atoms with van der Waals surface area (Å²) in [5, 5.41) is 0. The van der Waals surface area contributed by atoms with E-state index in [1.807, 2.05) is 20.8 Å². The van der Waals surface area contributed by atoms with Crippen molar-refractivity contribution in [1.29, 1.82) is 0 Å². The molecule has 0 radical (unpaired) electrons. The average Bonchev–Trinajstić information content (AvgIpc) is 2.08. The van der Waals surface area contributed by atoms with Gasteiger partial charge in [0.1, 0.15) is 6.61 Å². The molecule has 2 nitrogen and oxygen atoms in total. The van der Waals surface area contributed by atoms with E-state index < -0.39 is 0 Å². The Morgan fingerprint density at radius 1 is 1.20 bits per heavy atom. The van der Waals surface area contributed by atoms with Crippen LogP contribution < -0.4 is 0 Å². The molecule has 0 aliphatic heterocycles. The van der Waals surface area contributed by atoms with Crippen LogP contribution in [0.2, 0.25) is 0 Å². The van der Waals surface area contributed by atoms with Gasteiger partial charge >= 0.3 is 0 Å². The molecule has 0 heterocycles. The first-order valence-electron chi connectivity index (χ1n) is 5.95. The molecule has 90 valence electrons. The first-order chi connectivity index (χ1) is 6.84. The molecule has 0 rings (SSSR count). The summed E-state index contributed by atoms with van der Waals surface area (Å²) in [6, 6.07) is 0. The van der Waals surface area contributed by atoms with Crippen LogP contribution in [0.4, 0.5) is 0 Å². The molecule has 15 heavy (non-hydrogen) atoms. The van der Waals surface area contributed by atoms with Crippen LogP contribution in [0.5, 0.6) is 0 Å². The molecule has 2 heteroatoms. The molecule has 0 saturated heterocycles. The lowest BCUT2D eigenvalue weighted by molar-refractivity contribution is -0.131. The van der Waals surface area contributed by atoms with Gasteiger partial charge in [-0.05, 0) is 12.3 Å². The van der Waals surface area contributed by atoms with Crippen LogP contribution in [0.1, 0.15) is 53.9 Å². The van der Waals surface area contributed by atoms with Gasteiger partial charge in [0.05, 0.1) is 0 Å². The van der Waals surface area contributed by atoms with Crippen LogP contribution >= 0.6 is 0 Å². The van der Waals surface area contributed by atoms with Crippen LogP contribution in [-0.2, 0) is 9.53 Å². The second kappa shape index (κ2) is 7.00. The molecular weight excluding hydrogens is 188 g/mol. The summed E-state index contributed by atoms with van der Waals surface area (Å²) in [4.78, 5) is 11.5. The highest BCUT2D eigenvalue weighted by molar-refractivity contribution is 5.84. The number of ketones is 1. The number of unbranched alkanes of at least 4 members (excludes halogenated alkanes) is 1. The summed E-state index contributed by atoms with van der Waals surface area (Å²) in [7, 11) is 0. The van der Waals surface area contributed by atoms with Gasteiger partial charge in [0.2, 0.25) is 0 Å². The standard InChI is InChI=1S/C13H26O2/c1-11(2)8-6-7-9-15-10-12(14)13(3,4)5/h11H,6-10H2,1-5H3. The van der Waals surface area contributed by atoms with Crippen molar-refractivity contribution in [2.75, 3.05) is 13.2 Å². The molecule has 0 bridgehead atoms. The number of hydrogen-bond donors (Lipinski definition) is 0. The van der Waals surface area contributed by atoms with Crippen LogP contribution in [0.15, 0.2) is 0 Å². The Kier molecular flexibility index (Phi) is 6.82. The van der Waals surface area contributed by atoms with E-state index >= 15 is 0 Å². The molecule has 0 amide bonds. The van der Waals surface area contributed by atoms with Gasteiger partial charge < -0.3 is 4.74 Å². The summed E-state index contributed by atoms with van der Waals surface area (Å²) < 4.78 is 5.35. The van der Waals surface area contributed by atoms with Gasteiger partial charge in [-0.1, -0.05) is 47.5 Å². The summed E-state index contributed by atoms with van der Waals surface area (Å²) >= 11 is 0. The number of carbonyl (C=O) groups is 1. The van der Waals surface area contributed by atoms with Gasteiger partial charge in [-0.3, -0.25) is 4.79 Å². The van der Waals surface area contributed by atoms with Crippen LogP contribution in [0.25, 0.3) is 0 Å². The van der Waals surface area contributed by atoms with Gasteiger partial charge in [0, 0.05) is 12.0 Å². The van der Waals surface area contributed by atoms with Crippen LogP contribution in [0.3, 0.4) is 0 Å². The Bertz CT molecular complexity index is 177. The molecule has 0 fully saturated rings. The minimum absolute atomic E-state index is 0.186. The molecule has 0 saturated carbocycles. The third kappa shape index (κ3) is 8.61. The molecule has 0 unspecified atom stereocenters. The zero-order chi connectivity index (χ0) is 11.9. The van der Waals surface area contributed by atoms with E-state index in [0.29, 0.717) is 6.61 Å². The summed E-state index contributed by atoms with van der Waals surface area (Å²) in [5.41, 5.74) is -0.266. The van der Waals surface area contributed by atoms with Crippen molar-refractivity contribution in [2.24, 2.45) is 11.3 Å². The second-order valence-electron chi connectivity index (χ2n) is 5.62. The highest BCUT2D eigenvalue weighted by Gasteiger charge is 2.20. The Morgan fingerprint density at radius 3 is 2.27 bits per heavy atom. The molecule has 0 aromatic rings. The van der Waals surface area contributed by atoms with Crippen LogP contribution in [0, 0.1) is 11.3 Å². The van der Waals surface area contributed by atoms with Crippen molar-refractivity contribution >= 4 is 5.78 Å². The fourth-order valence-electron chi connectivity index (χ4n) is 1.14. The van der Waals surface area contributed by atoms with E-state index in [1.54, 1.807) is 0 Å². The third-order valence-corrected chi connectivity index (χ3v) is 2.39. The Morgan fingerprint density at radius 2 is 1.80 bits per heavy atom. The normalized spacial score (nSPS) is 12.1. The van der Waals surface area contributed by atoms with Gasteiger partial charge in [-0.25, -0.2) is 0 Å². The quantitative estimate of drug-likeness (QED) is 0.607. The molecule has 0 atom stereocenters. The Labute approximate surface area is 94.4 Å². The average molecular weight is 214 g/mol. The van der Waals surface area contributed by atoms with Gasteiger partial charge in [-0.2, -0.15) is 0 Å². The second-order valence-corrected chi connectivity index (χ2v) is 5.62. The molecule has 0 aliphatic rings. The van der Waals surface area contributed by atoms with Crippen molar-refractivity contribution in [2.45, 2.75) is 53.9 Å². The minimum Gasteiger partial charge on any atom is -0.374 e. The van der Waals surface area contributed by atoms with Crippen molar-refractivity contribution in [3.8, 4) is 0 Å². The van der Waals surface area contributed by atoms with E-state index in [2.05, 4.69) is 13.8 Å². The summed E-state index contributed by atoms with van der Waals surface area (Å²) in [6.07, 6.45) is 3.51. The molecule has 0 spiro atoms. The highest BCUT2D eigenvalue weighted by Crippen LogP contribution is 2.14. The lowest BCUT2D eigenvalue weighted by Gasteiger charge is -2.16. The molecule has 0 aliphatic carbocycles. The topological polar surface area (TPSA) is 26.3 Å². The molecule has 0 aromatic carbocycles. The number of rotatable bonds is 7. The number of ether oxygens (including phenoxy) is 1. The van der Waals surface area contributed by atoms with Crippen molar-refractivity contribution in [1.82, 2.24) is 0 Å². The van der Waals surface area contributed by atoms with E-state index in [0.717, 1.165) is 12.3 Å². The maximum absolute atomic E-state index is 11.5. The maximum Gasteiger partial charge on any atom is 0.163 e. The van der Waals surface area contributed by atoms with Gasteiger partial charge in [0.25, 0.3) is 0 Å². The predicted octanol–water partition coefficient (Wildman–Crippen LogP) is 3.44. The lowest BCUT2D eigenvalue weighted by atomic mass is 9.91. The number of hydrogen-bond acceptors (Lipinski definition) is 2. The maximum atomic E-state index is 11.5. The fraction of sp³-hybridized carbons (Fsp3) is 0.923. The highest BCUT2D eigenvalue weighted by atomic mass is 16.5. The first-order valence-corrected chi connectivity index (χ1v) is 5.95. The Hall–Kier alpha value is -0.370. The Balaban J connectivity index is 3.36. The fourth-order valence-corrected chi connectivity index (χ4v) is 1.14. The zero-order valence-corrected chi connectivity index (χ0v) is 10.9. The first kappa shape index (κ1) is 14.6. The monoisotopic (exact) mass is 214 g/mol. The summed E-state index contributed by atoms with van der Waals surface area (Å²) in [5.74, 6) is 0.951. The van der Waals surface area contributed by atoms with Crippen molar-refractivity contribution in [3.63, 3.8) is 0 Å². The van der Waals surface area contributed by atoms with Crippen LogP contribution in [-0.4, -0.2) is 19.0 Å². The number of Topliss-reactive ketones (excluding diaryl/α,β-unsaturated/α-hetero) is 1. The van der Waals surface area contributed by atoms with E-state index in [-0.39, 0.29) is 17.8 Å². The smallest absolute Gasteiger partial charge is 0.163 e. The predicted molar refractivity (Wildman–Crippen MR) is 64.0 cm³/mol. The van der Waals surface area contributed by atoms with Crippen molar-refractivity contribution in [3.05, 3.63) is 0 Å². The minimum atomic E-state index is -0.266. The molecular formula is C13H26O2. The molecule has 0 N–H and O–H groups in total.